The molecule has 0 aliphatic rings. The fraction of sp³-hybridized carbons (Fsp3) is 0.455. The van der Waals surface area contributed by atoms with Gasteiger partial charge in [0, 0.05) is 28.9 Å². The van der Waals surface area contributed by atoms with Crippen LogP contribution in [0.4, 0.5) is 18.9 Å². The van der Waals surface area contributed by atoms with Gasteiger partial charge in [0.25, 0.3) is 9.84 Å². The molecule has 4 nitrogen and oxygen atoms in total. The quantitative estimate of drug-likeness (QED) is 0.899. The number of nitrogens with one attached hydrogen (secondary N) is 1. The Bertz CT molecular complexity index is 599. The van der Waals surface area contributed by atoms with Gasteiger partial charge in [-0.25, -0.2) is 8.42 Å². The summed E-state index contributed by atoms with van der Waals surface area (Å²) in [7, 11) is -6.57. The number of hydrogen-bond acceptors (Lipinski definition) is 4. The Kier molecular flexibility index (Phi) is 5.20. The lowest BCUT2D eigenvalue weighted by Gasteiger charge is -2.18. The maximum atomic E-state index is 12.6. The first-order chi connectivity index (χ1) is 9.05. The topological polar surface area (TPSA) is 63.2 Å². The highest BCUT2D eigenvalue weighted by Crippen LogP contribution is 2.34. The monoisotopic (exact) mass is 329 g/mol. The molecular formula is C11H14F3NO3S2. The standard InChI is InChI=1S/C11H14F3NO3S2/c1-8(7-19(2)16)15-9-5-3-4-6-10(9)20(17,18)11(12,13)14/h3-6,8,15H,7H2,1-2H3. The van der Waals surface area contributed by atoms with E-state index >= 15 is 0 Å². The summed E-state index contributed by atoms with van der Waals surface area (Å²) in [6.45, 7) is 1.61. The predicted octanol–water partition coefficient (Wildman–Crippen LogP) is 2.16. The lowest BCUT2D eigenvalue weighted by molar-refractivity contribution is -0.0435. The molecule has 20 heavy (non-hydrogen) atoms. The van der Waals surface area contributed by atoms with E-state index in [1.165, 1.54) is 24.5 Å². The Morgan fingerprint density at radius 2 is 1.85 bits per heavy atom. The molecular weight excluding hydrogens is 315 g/mol. The van der Waals surface area contributed by atoms with Crippen molar-refractivity contribution in [3.8, 4) is 0 Å². The average Bonchev–Trinajstić information content (AvgIpc) is 2.26. The van der Waals surface area contributed by atoms with E-state index in [1.807, 2.05) is 0 Å². The molecule has 0 saturated heterocycles. The van der Waals surface area contributed by atoms with Crippen LogP contribution in [0.2, 0.25) is 0 Å². The van der Waals surface area contributed by atoms with E-state index in [1.54, 1.807) is 6.92 Å². The Hall–Kier alpha value is -1.09. The second-order valence-corrected chi connectivity index (χ2v) is 7.62. The fourth-order valence-corrected chi connectivity index (χ4v) is 3.32. The third-order valence-corrected chi connectivity index (χ3v) is 4.88. The summed E-state index contributed by atoms with van der Waals surface area (Å²) in [6.07, 6.45) is 1.45. The van der Waals surface area contributed by atoms with Gasteiger partial charge in [-0.1, -0.05) is 12.1 Å². The van der Waals surface area contributed by atoms with E-state index < -0.39 is 37.1 Å². The second kappa shape index (κ2) is 6.13. The molecule has 0 bridgehead atoms. The van der Waals surface area contributed by atoms with Crippen molar-refractivity contribution in [3.63, 3.8) is 0 Å². The summed E-state index contributed by atoms with van der Waals surface area (Å²) in [5, 5.41) is 2.65. The van der Waals surface area contributed by atoms with Gasteiger partial charge in [0.1, 0.15) is 0 Å². The summed E-state index contributed by atoms with van der Waals surface area (Å²) in [5.41, 5.74) is -5.51. The first-order valence-corrected chi connectivity index (χ1v) is 8.73. The highest BCUT2D eigenvalue weighted by atomic mass is 32.2. The van der Waals surface area contributed by atoms with E-state index in [9.17, 15) is 25.8 Å². The van der Waals surface area contributed by atoms with E-state index in [2.05, 4.69) is 5.32 Å². The van der Waals surface area contributed by atoms with Crippen molar-refractivity contribution in [2.24, 2.45) is 0 Å². The van der Waals surface area contributed by atoms with Crippen LogP contribution in [0.5, 0.6) is 0 Å². The largest absolute Gasteiger partial charge is 0.501 e. The number of anilines is 1. The Morgan fingerprint density at radius 3 is 2.35 bits per heavy atom. The maximum Gasteiger partial charge on any atom is 0.501 e. The lowest BCUT2D eigenvalue weighted by Crippen LogP contribution is -2.27. The molecule has 0 fully saturated rings. The number of benzene rings is 1. The minimum Gasteiger partial charge on any atom is -0.381 e. The normalized spacial score (nSPS) is 15.7. The van der Waals surface area contributed by atoms with Crippen molar-refractivity contribution >= 4 is 26.3 Å². The Balaban J connectivity index is 3.16. The minimum absolute atomic E-state index is 0.150. The number of halogens is 3. The molecule has 114 valence electrons. The van der Waals surface area contributed by atoms with E-state index in [0.29, 0.717) is 0 Å². The van der Waals surface area contributed by atoms with Gasteiger partial charge in [-0.2, -0.15) is 13.2 Å². The van der Waals surface area contributed by atoms with Gasteiger partial charge in [0.15, 0.2) is 0 Å². The van der Waals surface area contributed by atoms with Crippen LogP contribution in [0.1, 0.15) is 6.92 Å². The summed E-state index contributed by atoms with van der Waals surface area (Å²) < 4.78 is 71.7. The van der Waals surface area contributed by atoms with Crippen molar-refractivity contribution in [2.75, 3.05) is 17.3 Å². The summed E-state index contributed by atoms with van der Waals surface area (Å²) in [5.74, 6) is 0.195. The van der Waals surface area contributed by atoms with Gasteiger partial charge in [-0.3, -0.25) is 4.21 Å². The molecule has 0 heterocycles. The average molecular weight is 329 g/mol. The number of hydrogen-bond donors (Lipinski definition) is 1. The SMILES string of the molecule is CC(CS(C)=O)Nc1ccccc1S(=O)(=O)C(F)(F)F. The van der Waals surface area contributed by atoms with Gasteiger partial charge in [-0.15, -0.1) is 0 Å². The van der Waals surface area contributed by atoms with Gasteiger partial charge in [0.05, 0.1) is 10.6 Å². The van der Waals surface area contributed by atoms with Crippen molar-refractivity contribution in [1.29, 1.82) is 0 Å². The molecule has 1 N–H and O–H groups in total. The van der Waals surface area contributed by atoms with Crippen LogP contribution in [0.15, 0.2) is 29.2 Å². The molecule has 0 aliphatic heterocycles. The molecule has 0 saturated carbocycles. The third-order valence-electron chi connectivity index (χ3n) is 2.37. The third kappa shape index (κ3) is 3.95. The van der Waals surface area contributed by atoms with Gasteiger partial charge in [0.2, 0.25) is 0 Å². The summed E-state index contributed by atoms with van der Waals surface area (Å²) in [4.78, 5) is -0.832. The first kappa shape index (κ1) is 17.0. The summed E-state index contributed by atoms with van der Waals surface area (Å²) in [6, 6.07) is 4.35. The van der Waals surface area contributed by atoms with Crippen molar-refractivity contribution < 1.29 is 25.8 Å². The molecule has 1 aromatic rings. The zero-order valence-corrected chi connectivity index (χ0v) is 12.4. The lowest BCUT2D eigenvalue weighted by atomic mass is 10.3. The molecule has 2 atom stereocenters. The van der Waals surface area contributed by atoms with Gasteiger partial charge >= 0.3 is 5.51 Å². The zero-order valence-electron chi connectivity index (χ0n) is 10.8. The number of alkyl halides is 3. The van der Waals surface area contributed by atoms with Crippen LogP contribution >= 0.6 is 0 Å². The molecule has 9 heteroatoms. The molecule has 0 amide bonds. The van der Waals surface area contributed by atoms with Gasteiger partial charge < -0.3 is 5.32 Å². The highest BCUT2D eigenvalue weighted by molar-refractivity contribution is 7.92. The first-order valence-electron chi connectivity index (χ1n) is 5.52. The summed E-state index contributed by atoms with van der Waals surface area (Å²) >= 11 is 0. The zero-order chi connectivity index (χ0) is 15.6. The number of para-hydroxylation sites is 1. The van der Waals surface area contributed by atoms with Crippen LogP contribution in [0.3, 0.4) is 0 Å². The van der Waals surface area contributed by atoms with E-state index in [0.717, 1.165) is 6.07 Å². The molecule has 0 aromatic heterocycles. The number of sulfone groups is 1. The predicted molar refractivity (Wildman–Crippen MR) is 71.7 cm³/mol. The van der Waals surface area contributed by atoms with E-state index in [4.69, 9.17) is 0 Å². The van der Waals surface area contributed by atoms with Crippen LogP contribution < -0.4 is 5.32 Å². The van der Waals surface area contributed by atoms with Crippen LogP contribution in [0.25, 0.3) is 0 Å². The molecule has 0 aliphatic carbocycles. The Labute approximate surface area is 117 Å². The minimum atomic E-state index is -5.42. The van der Waals surface area contributed by atoms with Gasteiger partial charge in [-0.05, 0) is 19.1 Å². The molecule has 2 unspecified atom stereocenters. The fourth-order valence-electron chi connectivity index (χ4n) is 1.60. The molecule has 1 aromatic carbocycles. The molecule has 1 rings (SSSR count). The van der Waals surface area contributed by atoms with Crippen LogP contribution in [-0.2, 0) is 20.6 Å². The second-order valence-electron chi connectivity index (χ2n) is 4.23. The highest BCUT2D eigenvalue weighted by Gasteiger charge is 2.47. The van der Waals surface area contributed by atoms with Crippen molar-refractivity contribution in [2.45, 2.75) is 23.4 Å². The molecule has 0 spiro atoms. The molecule has 0 radical (unpaired) electrons. The number of rotatable bonds is 5. The Morgan fingerprint density at radius 1 is 1.30 bits per heavy atom. The smallest absolute Gasteiger partial charge is 0.381 e. The van der Waals surface area contributed by atoms with Crippen molar-refractivity contribution in [3.05, 3.63) is 24.3 Å². The van der Waals surface area contributed by atoms with Crippen LogP contribution in [0, 0.1) is 0 Å². The van der Waals surface area contributed by atoms with Crippen LogP contribution in [-0.4, -0.2) is 36.2 Å². The maximum absolute atomic E-state index is 12.6. The van der Waals surface area contributed by atoms with E-state index in [-0.39, 0.29) is 11.4 Å². The van der Waals surface area contributed by atoms with Crippen molar-refractivity contribution in [1.82, 2.24) is 0 Å².